The Kier molecular flexibility index (Phi) is 5.50. The van der Waals surface area contributed by atoms with E-state index in [2.05, 4.69) is 22.2 Å². The summed E-state index contributed by atoms with van der Waals surface area (Å²) in [6.45, 7) is 2.79. The van der Waals surface area contributed by atoms with Gasteiger partial charge in [-0.25, -0.2) is 0 Å². The van der Waals surface area contributed by atoms with E-state index in [0.29, 0.717) is 29.1 Å². The average Bonchev–Trinajstić information content (AvgIpc) is 2.62. The molecule has 0 aliphatic heterocycles. The molecule has 0 unspecified atom stereocenters. The molecule has 1 amide bonds. The monoisotopic (exact) mass is 353 g/mol. The zero-order valence-electron chi connectivity index (χ0n) is 14.0. The van der Waals surface area contributed by atoms with Crippen LogP contribution in [0.3, 0.4) is 0 Å². The van der Waals surface area contributed by atoms with Crippen LogP contribution < -0.4 is 10.9 Å². The van der Waals surface area contributed by atoms with Crippen molar-refractivity contribution in [1.29, 1.82) is 0 Å². The molecule has 2 aromatic heterocycles. The molecule has 0 bridgehead atoms. The lowest BCUT2D eigenvalue weighted by Gasteiger charge is -2.06. The fourth-order valence-corrected chi connectivity index (χ4v) is 3.51. The first kappa shape index (κ1) is 17.2. The van der Waals surface area contributed by atoms with E-state index in [0.717, 1.165) is 23.1 Å². The van der Waals surface area contributed by atoms with Crippen molar-refractivity contribution in [3.8, 4) is 10.7 Å². The van der Waals surface area contributed by atoms with Gasteiger partial charge in [0.05, 0.1) is 17.5 Å². The van der Waals surface area contributed by atoms with Gasteiger partial charge in [-0.1, -0.05) is 25.5 Å². The molecule has 0 aliphatic rings. The number of hydrogen-bond acceptors (Lipinski definition) is 5. The summed E-state index contributed by atoms with van der Waals surface area (Å²) < 4.78 is 0.819. The second-order valence-corrected chi connectivity index (χ2v) is 6.78. The van der Waals surface area contributed by atoms with Gasteiger partial charge in [-0.15, -0.1) is 11.3 Å². The van der Waals surface area contributed by atoms with Crippen LogP contribution in [0.15, 0.2) is 47.4 Å². The summed E-state index contributed by atoms with van der Waals surface area (Å²) in [6, 6.07) is 11.0. The Balaban J connectivity index is 1.88. The van der Waals surface area contributed by atoms with Gasteiger partial charge in [0.25, 0.3) is 5.56 Å². The zero-order valence-corrected chi connectivity index (χ0v) is 14.8. The molecule has 0 saturated carbocycles. The predicted molar refractivity (Wildman–Crippen MR) is 101 cm³/mol. The lowest BCUT2D eigenvalue weighted by Crippen LogP contribution is -2.25. The van der Waals surface area contributed by atoms with Crippen molar-refractivity contribution in [2.75, 3.05) is 6.54 Å². The standard InChI is InChI=1S/C19H19N3O2S/c1-2-3-9-21-17(23)12-13-7-8-14-16(11-13)25-19(22-18(14)24)15-6-4-5-10-20-15/h4-8,10-11H,2-3,9,12H2,1H3,(H,21,23). The highest BCUT2D eigenvalue weighted by Gasteiger charge is 2.10. The van der Waals surface area contributed by atoms with Crippen molar-refractivity contribution in [2.45, 2.75) is 26.2 Å². The largest absolute Gasteiger partial charge is 0.356 e. The molecule has 25 heavy (non-hydrogen) atoms. The first-order valence-corrected chi connectivity index (χ1v) is 9.11. The lowest BCUT2D eigenvalue weighted by atomic mass is 10.1. The molecule has 0 spiro atoms. The molecule has 0 fully saturated rings. The zero-order chi connectivity index (χ0) is 17.6. The molecule has 0 radical (unpaired) electrons. The number of unbranched alkanes of at least 4 members (excludes halogenated alkanes) is 1. The summed E-state index contributed by atoms with van der Waals surface area (Å²) >= 11 is 1.41. The van der Waals surface area contributed by atoms with Gasteiger partial charge in [0, 0.05) is 17.4 Å². The number of carbonyl (C=O) groups excluding carboxylic acids is 1. The Morgan fingerprint density at radius 3 is 2.88 bits per heavy atom. The van der Waals surface area contributed by atoms with Crippen molar-refractivity contribution < 1.29 is 4.79 Å². The number of aromatic nitrogens is 2. The second kappa shape index (κ2) is 7.98. The van der Waals surface area contributed by atoms with Gasteiger partial charge < -0.3 is 5.32 Å². The van der Waals surface area contributed by atoms with Gasteiger partial charge in [-0.2, -0.15) is 4.98 Å². The lowest BCUT2D eigenvalue weighted by molar-refractivity contribution is -0.120. The number of nitrogens with zero attached hydrogens (tertiary/aromatic N) is 2. The molecule has 3 rings (SSSR count). The number of fused-ring (bicyclic) bond motifs is 1. The van der Waals surface area contributed by atoms with Crippen molar-refractivity contribution in [1.82, 2.24) is 15.3 Å². The van der Waals surface area contributed by atoms with Gasteiger partial charge >= 0.3 is 0 Å². The molecule has 1 N–H and O–H groups in total. The molecule has 0 atom stereocenters. The summed E-state index contributed by atoms with van der Waals surface area (Å²) in [4.78, 5) is 32.6. The molecule has 0 aliphatic carbocycles. The summed E-state index contributed by atoms with van der Waals surface area (Å²) in [5.41, 5.74) is 1.29. The highest BCUT2D eigenvalue weighted by molar-refractivity contribution is 7.21. The highest BCUT2D eigenvalue weighted by Crippen LogP contribution is 2.25. The van der Waals surface area contributed by atoms with E-state index < -0.39 is 0 Å². The van der Waals surface area contributed by atoms with Crippen LogP contribution in [0.25, 0.3) is 20.8 Å². The molecule has 1 aromatic carbocycles. The Labute approximate surface area is 149 Å². The fourth-order valence-electron chi connectivity index (χ4n) is 2.47. The molecular formula is C19H19N3O2S. The number of rotatable bonds is 6. The average molecular weight is 353 g/mol. The van der Waals surface area contributed by atoms with Crippen LogP contribution in [0.4, 0.5) is 0 Å². The van der Waals surface area contributed by atoms with E-state index in [9.17, 15) is 9.59 Å². The van der Waals surface area contributed by atoms with E-state index in [1.807, 2.05) is 30.3 Å². The summed E-state index contributed by atoms with van der Waals surface area (Å²) in [6.07, 6.45) is 4.01. The quantitative estimate of drug-likeness (QED) is 0.691. The number of nitrogens with one attached hydrogen (secondary N) is 1. The minimum absolute atomic E-state index is 0.000785. The second-order valence-electron chi connectivity index (χ2n) is 5.75. The van der Waals surface area contributed by atoms with Gasteiger partial charge in [-0.05, 0) is 36.2 Å². The number of carbonyl (C=O) groups is 1. The molecule has 5 nitrogen and oxygen atoms in total. The number of amides is 1. The first-order chi connectivity index (χ1) is 12.2. The van der Waals surface area contributed by atoms with Crippen molar-refractivity contribution in [3.63, 3.8) is 0 Å². The Morgan fingerprint density at radius 1 is 1.24 bits per heavy atom. The minimum atomic E-state index is -0.270. The van der Waals surface area contributed by atoms with Crippen molar-refractivity contribution in [2.24, 2.45) is 0 Å². The first-order valence-electron chi connectivity index (χ1n) is 8.29. The number of benzene rings is 1. The minimum Gasteiger partial charge on any atom is -0.356 e. The van der Waals surface area contributed by atoms with E-state index in [4.69, 9.17) is 0 Å². The Hall–Kier alpha value is -2.60. The molecule has 128 valence electrons. The van der Waals surface area contributed by atoms with E-state index in [-0.39, 0.29) is 11.5 Å². The highest BCUT2D eigenvalue weighted by atomic mass is 32.1. The van der Waals surface area contributed by atoms with Crippen LogP contribution in [0.2, 0.25) is 0 Å². The summed E-state index contributed by atoms with van der Waals surface area (Å²) in [5.74, 6) is -0.000785. The molecule has 3 aromatic rings. The Morgan fingerprint density at radius 2 is 2.12 bits per heavy atom. The van der Waals surface area contributed by atoms with Crippen LogP contribution in [0.5, 0.6) is 0 Å². The topological polar surface area (TPSA) is 72.0 Å². The predicted octanol–water partition coefficient (Wildman–Crippen LogP) is 3.18. The van der Waals surface area contributed by atoms with E-state index >= 15 is 0 Å². The van der Waals surface area contributed by atoms with E-state index in [1.54, 1.807) is 12.3 Å². The van der Waals surface area contributed by atoms with Crippen LogP contribution >= 0.6 is 11.3 Å². The number of pyridine rings is 1. The molecule has 2 heterocycles. The SMILES string of the molecule is CCCCNC(=O)Cc1ccc2c(=O)nc(-c3ccccn3)sc2c1. The fraction of sp³-hybridized carbons (Fsp3) is 0.263. The van der Waals surface area contributed by atoms with Crippen LogP contribution in [0, 0.1) is 0 Å². The van der Waals surface area contributed by atoms with Gasteiger partial charge in [0.15, 0.2) is 0 Å². The van der Waals surface area contributed by atoms with Gasteiger partial charge in [-0.3, -0.25) is 14.6 Å². The van der Waals surface area contributed by atoms with Gasteiger partial charge in [0.1, 0.15) is 5.01 Å². The normalized spacial score (nSPS) is 10.8. The maximum atomic E-state index is 12.3. The summed E-state index contributed by atoms with van der Waals surface area (Å²) in [7, 11) is 0. The van der Waals surface area contributed by atoms with Crippen molar-refractivity contribution in [3.05, 3.63) is 58.5 Å². The third kappa shape index (κ3) is 4.28. The van der Waals surface area contributed by atoms with Crippen LogP contribution in [-0.2, 0) is 11.2 Å². The number of hydrogen-bond donors (Lipinski definition) is 1. The van der Waals surface area contributed by atoms with Crippen molar-refractivity contribution >= 4 is 27.3 Å². The van der Waals surface area contributed by atoms with Crippen LogP contribution in [0.1, 0.15) is 25.3 Å². The molecule has 0 saturated heterocycles. The van der Waals surface area contributed by atoms with E-state index in [1.165, 1.54) is 11.3 Å². The molecular weight excluding hydrogens is 334 g/mol. The van der Waals surface area contributed by atoms with Gasteiger partial charge in [0.2, 0.25) is 5.91 Å². The molecule has 6 heteroatoms. The summed E-state index contributed by atoms with van der Waals surface area (Å²) in [5, 5.41) is 4.06. The third-order valence-corrected chi connectivity index (χ3v) is 4.84. The smallest absolute Gasteiger partial charge is 0.279 e. The Bertz CT molecular complexity index is 938. The maximum absolute atomic E-state index is 12.3. The maximum Gasteiger partial charge on any atom is 0.279 e. The van der Waals surface area contributed by atoms with Crippen LogP contribution in [-0.4, -0.2) is 22.4 Å². The third-order valence-electron chi connectivity index (χ3n) is 3.79.